The van der Waals surface area contributed by atoms with Crippen LogP contribution in [0.3, 0.4) is 0 Å². The molecule has 0 aromatic carbocycles. The van der Waals surface area contributed by atoms with Crippen molar-refractivity contribution in [1.82, 2.24) is 4.90 Å². The molecule has 0 aromatic rings. The average Bonchev–Trinajstić information content (AvgIpc) is 2.66. The second-order valence-electron chi connectivity index (χ2n) is 4.47. The normalized spacial score (nSPS) is 34.4. The highest BCUT2D eigenvalue weighted by Gasteiger charge is 2.40. The first-order chi connectivity index (χ1) is 6.74. The molecule has 0 saturated carbocycles. The van der Waals surface area contributed by atoms with E-state index in [0.29, 0.717) is 12.0 Å². The fraction of sp³-hybridized carbons (Fsp3) is 0.909. The lowest BCUT2D eigenvalue weighted by Gasteiger charge is -2.36. The summed E-state index contributed by atoms with van der Waals surface area (Å²) in [4.78, 5) is 14.0. The standard InChI is InChI=1S/C11H19NO2/c1-3-8(2)10-11(13)12-6-4-5-9(12)7-14-10/h8-10H,3-7H2,1-2H3/t8?,9-,10?/m0/s1. The van der Waals surface area contributed by atoms with Gasteiger partial charge in [0.25, 0.3) is 5.91 Å². The molecule has 2 aliphatic heterocycles. The molecular formula is C11H19NO2. The maximum absolute atomic E-state index is 12.0. The quantitative estimate of drug-likeness (QED) is 0.670. The molecule has 80 valence electrons. The van der Waals surface area contributed by atoms with E-state index in [1.165, 1.54) is 0 Å². The molecule has 0 aromatic heterocycles. The average molecular weight is 197 g/mol. The van der Waals surface area contributed by atoms with E-state index < -0.39 is 0 Å². The molecule has 0 N–H and O–H groups in total. The lowest BCUT2D eigenvalue weighted by Crippen LogP contribution is -2.52. The van der Waals surface area contributed by atoms with Crippen LogP contribution in [0, 0.1) is 5.92 Å². The second kappa shape index (κ2) is 3.89. The van der Waals surface area contributed by atoms with Crippen molar-refractivity contribution in [3.05, 3.63) is 0 Å². The summed E-state index contributed by atoms with van der Waals surface area (Å²) < 4.78 is 5.67. The second-order valence-corrected chi connectivity index (χ2v) is 4.47. The van der Waals surface area contributed by atoms with Crippen molar-refractivity contribution in [2.24, 2.45) is 5.92 Å². The Bertz CT molecular complexity index is 229. The first-order valence-corrected chi connectivity index (χ1v) is 5.66. The largest absolute Gasteiger partial charge is 0.366 e. The number of amides is 1. The van der Waals surface area contributed by atoms with Gasteiger partial charge < -0.3 is 9.64 Å². The van der Waals surface area contributed by atoms with Crippen molar-refractivity contribution >= 4 is 5.91 Å². The predicted molar refractivity (Wildman–Crippen MR) is 53.9 cm³/mol. The van der Waals surface area contributed by atoms with Gasteiger partial charge in [-0.3, -0.25) is 4.79 Å². The molecule has 3 heteroatoms. The number of morpholine rings is 1. The number of nitrogens with zero attached hydrogens (tertiary/aromatic N) is 1. The molecule has 0 spiro atoms. The summed E-state index contributed by atoms with van der Waals surface area (Å²) in [6, 6.07) is 0.378. The summed E-state index contributed by atoms with van der Waals surface area (Å²) >= 11 is 0. The number of fused-ring (bicyclic) bond motifs is 1. The zero-order chi connectivity index (χ0) is 10.1. The van der Waals surface area contributed by atoms with Crippen LogP contribution >= 0.6 is 0 Å². The minimum Gasteiger partial charge on any atom is -0.366 e. The van der Waals surface area contributed by atoms with E-state index in [9.17, 15) is 4.79 Å². The summed E-state index contributed by atoms with van der Waals surface area (Å²) in [5.74, 6) is 0.581. The SMILES string of the molecule is CCC(C)C1OC[C@@H]2CCCN2C1=O. The van der Waals surface area contributed by atoms with Gasteiger partial charge in [-0.25, -0.2) is 0 Å². The monoisotopic (exact) mass is 197 g/mol. The molecule has 2 rings (SSSR count). The lowest BCUT2D eigenvalue weighted by atomic mass is 9.99. The maximum atomic E-state index is 12.0. The highest BCUT2D eigenvalue weighted by molar-refractivity contribution is 5.82. The summed E-state index contributed by atoms with van der Waals surface area (Å²) in [6.07, 6.45) is 3.11. The van der Waals surface area contributed by atoms with Crippen LogP contribution < -0.4 is 0 Å². The molecule has 0 radical (unpaired) electrons. The molecule has 14 heavy (non-hydrogen) atoms. The fourth-order valence-corrected chi connectivity index (χ4v) is 2.37. The molecule has 2 aliphatic rings. The van der Waals surface area contributed by atoms with Crippen molar-refractivity contribution in [3.8, 4) is 0 Å². The molecule has 2 heterocycles. The number of rotatable bonds is 2. The zero-order valence-electron chi connectivity index (χ0n) is 9.03. The Morgan fingerprint density at radius 3 is 3.14 bits per heavy atom. The smallest absolute Gasteiger partial charge is 0.252 e. The van der Waals surface area contributed by atoms with Crippen LogP contribution in [0.4, 0.5) is 0 Å². The minimum absolute atomic E-state index is 0.172. The Labute approximate surface area is 85.4 Å². The van der Waals surface area contributed by atoms with Crippen LogP contribution in [-0.4, -0.2) is 36.1 Å². The van der Waals surface area contributed by atoms with E-state index in [-0.39, 0.29) is 12.0 Å². The Hall–Kier alpha value is -0.570. The molecule has 0 bridgehead atoms. The topological polar surface area (TPSA) is 29.5 Å². The first-order valence-electron chi connectivity index (χ1n) is 5.66. The molecular weight excluding hydrogens is 178 g/mol. The van der Waals surface area contributed by atoms with Gasteiger partial charge in [-0.15, -0.1) is 0 Å². The fourth-order valence-electron chi connectivity index (χ4n) is 2.37. The first kappa shape index (κ1) is 9.97. The molecule has 2 saturated heterocycles. The van der Waals surface area contributed by atoms with Crippen molar-refractivity contribution < 1.29 is 9.53 Å². The van der Waals surface area contributed by atoms with Crippen LogP contribution in [0.2, 0.25) is 0 Å². The van der Waals surface area contributed by atoms with Gasteiger partial charge in [-0.1, -0.05) is 20.3 Å². The van der Waals surface area contributed by atoms with E-state index in [0.717, 1.165) is 32.4 Å². The zero-order valence-corrected chi connectivity index (χ0v) is 9.03. The summed E-state index contributed by atoms with van der Waals surface area (Å²) in [5.41, 5.74) is 0. The van der Waals surface area contributed by atoms with E-state index in [1.807, 2.05) is 4.90 Å². The van der Waals surface area contributed by atoms with E-state index in [2.05, 4.69) is 13.8 Å². The van der Waals surface area contributed by atoms with E-state index in [1.54, 1.807) is 0 Å². The van der Waals surface area contributed by atoms with Gasteiger partial charge in [0.2, 0.25) is 0 Å². The van der Waals surface area contributed by atoms with Crippen LogP contribution in [0.15, 0.2) is 0 Å². The van der Waals surface area contributed by atoms with Crippen molar-refractivity contribution in [3.63, 3.8) is 0 Å². The number of carbonyl (C=O) groups excluding carboxylic acids is 1. The summed E-state index contributed by atoms with van der Waals surface area (Å²) in [6.45, 7) is 5.90. The molecule has 3 atom stereocenters. The number of carbonyl (C=O) groups is 1. The van der Waals surface area contributed by atoms with Crippen LogP contribution in [0.5, 0.6) is 0 Å². The molecule has 2 unspecified atom stereocenters. The number of hydrogen-bond acceptors (Lipinski definition) is 2. The van der Waals surface area contributed by atoms with E-state index in [4.69, 9.17) is 4.74 Å². The number of ether oxygens (including phenoxy) is 1. The van der Waals surface area contributed by atoms with Gasteiger partial charge in [-0.05, 0) is 18.8 Å². The molecule has 2 fully saturated rings. The minimum atomic E-state index is -0.172. The summed E-state index contributed by atoms with van der Waals surface area (Å²) in [5, 5.41) is 0. The van der Waals surface area contributed by atoms with Crippen molar-refractivity contribution in [2.75, 3.05) is 13.2 Å². The molecule has 3 nitrogen and oxygen atoms in total. The van der Waals surface area contributed by atoms with Crippen molar-refractivity contribution in [2.45, 2.75) is 45.3 Å². The summed E-state index contributed by atoms with van der Waals surface area (Å²) in [7, 11) is 0. The lowest BCUT2D eigenvalue weighted by molar-refractivity contribution is -0.160. The van der Waals surface area contributed by atoms with Gasteiger partial charge in [-0.2, -0.15) is 0 Å². The van der Waals surface area contributed by atoms with Crippen molar-refractivity contribution in [1.29, 1.82) is 0 Å². The predicted octanol–water partition coefficient (Wildman–Crippen LogP) is 1.42. The Kier molecular flexibility index (Phi) is 2.77. The van der Waals surface area contributed by atoms with Gasteiger partial charge in [0.05, 0.1) is 12.6 Å². The van der Waals surface area contributed by atoms with Crippen LogP contribution in [-0.2, 0) is 9.53 Å². The third-order valence-corrected chi connectivity index (χ3v) is 3.53. The highest BCUT2D eigenvalue weighted by Crippen LogP contribution is 2.27. The highest BCUT2D eigenvalue weighted by atomic mass is 16.5. The number of hydrogen-bond donors (Lipinski definition) is 0. The third-order valence-electron chi connectivity index (χ3n) is 3.53. The van der Waals surface area contributed by atoms with Gasteiger partial charge in [0.15, 0.2) is 0 Å². The molecule has 0 aliphatic carbocycles. The molecule has 1 amide bonds. The van der Waals surface area contributed by atoms with Gasteiger partial charge in [0, 0.05) is 6.54 Å². The third kappa shape index (κ3) is 1.54. The Morgan fingerprint density at radius 2 is 2.43 bits per heavy atom. The van der Waals surface area contributed by atoms with Crippen LogP contribution in [0.1, 0.15) is 33.1 Å². The van der Waals surface area contributed by atoms with Gasteiger partial charge in [0.1, 0.15) is 6.10 Å². The van der Waals surface area contributed by atoms with Gasteiger partial charge >= 0.3 is 0 Å². The Morgan fingerprint density at radius 1 is 1.64 bits per heavy atom. The van der Waals surface area contributed by atoms with Crippen LogP contribution in [0.25, 0.3) is 0 Å². The maximum Gasteiger partial charge on any atom is 0.252 e. The Balaban J connectivity index is 2.05. The van der Waals surface area contributed by atoms with E-state index >= 15 is 0 Å².